The molecule has 124 valence electrons. The van der Waals surface area contributed by atoms with E-state index in [4.69, 9.17) is 0 Å². The first-order chi connectivity index (χ1) is 11.4. The number of nitrogens with zero attached hydrogens (tertiary/aromatic N) is 2. The fraction of sp³-hybridized carbons (Fsp3) is 0.176. The van der Waals surface area contributed by atoms with Crippen molar-refractivity contribution in [2.24, 2.45) is 0 Å². The third kappa shape index (κ3) is 3.91. The standard InChI is InChI=1S/C17H15FN2O2S2/c1-24(21,22)11-10-23-17-15-5-3-2-4-14(15)16(19-20-17)12-6-8-13(18)9-7-12/h2-9H,10-11H2,1H3. The van der Waals surface area contributed by atoms with Crippen LogP contribution in [0.2, 0.25) is 0 Å². The van der Waals surface area contributed by atoms with Crippen molar-refractivity contribution >= 4 is 32.4 Å². The summed E-state index contributed by atoms with van der Waals surface area (Å²) in [5.41, 5.74) is 1.46. The number of hydrogen-bond donors (Lipinski definition) is 0. The first-order valence-electron chi connectivity index (χ1n) is 7.26. The molecule has 0 spiro atoms. The first-order valence-corrected chi connectivity index (χ1v) is 10.3. The molecule has 0 atom stereocenters. The van der Waals surface area contributed by atoms with Gasteiger partial charge in [-0.15, -0.1) is 22.0 Å². The van der Waals surface area contributed by atoms with Crippen LogP contribution in [-0.4, -0.2) is 36.4 Å². The summed E-state index contributed by atoms with van der Waals surface area (Å²) in [5, 5.41) is 11.0. The van der Waals surface area contributed by atoms with Crippen LogP contribution in [-0.2, 0) is 9.84 Å². The van der Waals surface area contributed by atoms with E-state index in [1.54, 1.807) is 12.1 Å². The first kappa shape index (κ1) is 16.9. The molecule has 2 aromatic carbocycles. The highest BCUT2D eigenvalue weighted by atomic mass is 32.2. The molecule has 1 heterocycles. The summed E-state index contributed by atoms with van der Waals surface area (Å²) in [4.78, 5) is 0. The third-order valence-corrected chi connectivity index (χ3v) is 5.65. The molecular formula is C17H15FN2O2S2. The van der Waals surface area contributed by atoms with Gasteiger partial charge >= 0.3 is 0 Å². The molecule has 0 amide bonds. The van der Waals surface area contributed by atoms with Gasteiger partial charge in [-0.05, 0) is 24.3 Å². The van der Waals surface area contributed by atoms with Crippen LogP contribution in [0, 0.1) is 5.82 Å². The molecule has 3 rings (SSSR count). The highest BCUT2D eigenvalue weighted by Crippen LogP contribution is 2.31. The van der Waals surface area contributed by atoms with Crippen molar-refractivity contribution in [2.75, 3.05) is 17.8 Å². The largest absolute Gasteiger partial charge is 0.229 e. The average Bonchev–Trinajstić information content (AvgIpc) is 2.55. The van der Waals surface area contributed by atoms with Gasteiger partial charge in [0.05, 0.1) is 5.75 Å². The Morgan fingerprint density at radius 1 is 1.00 bits per heavy atom. The summed E-state index contributed by atoms with van der Waals surface area (Å²) in [7, 11) is -3.01. The minimum absolute atomic E-state index is 0.0907. The van der Waals surface area contributed by atoms with Crippen LogP contribution in [0.4, 0.5) is 4.39 Å². The minimum Gasteiger partial charge on any atom is -0.229 e. The number of thioether (sulfide) groups is 1. The van der Waals surface area contributed by atoms with E-state index in [0.29, 0.717) is 16.5 Å². The van der Waals surface area contributed by atoms with Crippen molar-refractivity contribution in [3.63, 3.8) is 0 Å². The molecule has 0 fully saturated rings. The molecule has 7 heteroatoms. The van der Waals surface area contributed by atoms with Crippen LogP contribution in [0.15, 0.2) is 53.6 Å². The number of fused-ring (bicyclic) bond motifs is 1. The number of hydrogen-bond acceptors (Lipinski definition) is 5. The summed E-state index contributed by atoms with van der Waals surface area (Å²) >= 11 is 1.37. The van der Waals surface area contributed by atoms with Crippen LogP contribution < -0.4 is 0 Å². The van der Waals surface area contributed by atoms with Crippen molar-refractivity contribution in [2.45, 2.75) is 5.03 Å². The predicted octanol–water partition coefficient (Wildman–Crippen LogP) is 3.57. The molecule has 0 radical (unpaired) electrons. The Labute approximate surface area is 144 Å². The van der Waals surface area contributed by atoms with E-state index in [1.165, 1.54) is 30.2 Å². The van der Waals surface area contributed by atoms with Gasteiger partial charge in [0.15, 0.2) is 0 Å². The maximum Gasteiger partial charge on any atom is 0.148 e. The van der Waals surface area contributed by atoms with E-state index < -0.39 is 9.84 Å². The number of benzene rings is 2. The summed E-state index contributed by atoms with van der Waals surface area (Å²) in [6.45, 7) is 0. The van der Waals surface area contributed by atoms with Crippen LogP contribution in [0.3, 0.4) is 0 Å². The zero-order chi connectivity index (χ0) is 17.2. The van der Waals surface area contributed by atoms with Crippen molar-refractivity contribution < 1.29 is 12.8 Å². The molecule has 0 saturated carbocycles. The SMILES string of the molecule is CS(=O)(=O)CCSc1nnc(-c2ccc(F)cc2)c2ccccc12. The van der Waals surface area contributed by atoms with E-state index in [1.807, 2.05) is 24.3 Å². The van der Waals surface area contributed by atoms with Crippen molar-refractivity contribution in [1.82, 2.24) is 10.2 Å². The van der Waals surface area contributed by atoms with Gasteiger partial charge in [0.1, 0.15) is 26.4 Å². The quantitative estimate of drug-likeness (QED) is 0.650. The smallest absolute Gasteiger partial charge is 0.148 e. The fourth-order valence-electron chi connectivity index (χ4n) is 2.30. The lowest BCUT2D eigenvalue weighted by Gasteiger charge is -2.09. The molecule has 0 aliphatic rings. The van der Waals surface area contributed by atoms with E-state index in [2.05, 4.69) is 10.2 Å². The maximum absolute atomic E-state index is 13.1. The maximum atomic E-state index is 13.1. The second-order valence-corrected chi connectivity index (χ2v) is 8.73. The fourth-order valence-corrected chi connectivity index (χ4v) is 4.47. The molecular weight excluding hydrogens is 347 g/mol. The van der Waals surface area contributed by atoms with Gasteiger partial charge in [-0.3, -0.25) is 0 Å². The van der Waals surface area contributed by atoms with Gasteiger partial charge in [0.2, 0.25) is 0 Å². The number of halogens is 1. The molecule has 0 unspecified atom stereocenters. The van der Waals surface area contributed by atoms with Crippen LogP contribution in [0.5, 0.6) is 0 Å². The molecule has 1 aromatic heterocycles. The monoisotopic (exact) mass is 362 g/mol. The number of sulfone groups is 1. The van der Waals surface area contributed by atoms with Crippen LogP contribution >= 0.6 is 11.8 Å². The highest BCUT2D eigenvalue weighted by molar-refractivity contribution is 8.00. The zero-order valence-corrected chi connectivity index (χ0v) is 14.6. The average molecular weight is 362 g/mol. The second kappa shape index (κ2) is 6.86. The predicted molar refractivity (Wildman–Crippen MR) is 95.4 cm³/mol. The number of rotatable bonds is 5. The highest BCUT2D eigenvalue weighted by Gasteiger charge is 2.12. The molecule has 4 nitrogen and oxygen atoms in total. The van der Waals surface area contributed by atoms with E-state index in [0.717, 1.165) is 16.3 Å². The second-order valence-electron chi connectivity index (χ2n) is 5.38. The lowest BCUT2D eigenvalue weighted by molar-refractivity contribution is 0.603. The van der Waals surface area contributed by atoms with Crippen molar-refractivity contribution in [1.29, 1.82) is 0 Å². The molecule has 3 aromatic rings. The molecule has 0 aliphatic carbocycles. The van der Waals surface area contributed by atoms with Gasteiger partial charge in [-0.25, -0.2) is 12.8 Å². The molecule has 24 heavy (non-hydrogen) atoms. The van der Waals surface area contributed by atoms with Gasteiger partial charge < -0.3 is 0 Å². The summed E-state index contributed by atoms with van der Waals surface area (Å²) in [6, 6.07) is 13.8. The summed E-state index contributed by atoms with van der Waals surface area (Å²) < 4.78 is 35.7. The molecule has 0 N–H and O–H groups in total. The van der Waals surface area contributed by atoms with Crippen molar-refractivity contribution in [3.05, 3.63) is 54.3 Å². The van der Waals surface area contributed by atoms with Gasteiger partial charge in [-0.2, -0.15) is 0 Å². The third-order valence-electron chi connectivity index (χ3n) is 3.46. The van der Waals surface area contributed by atoms with Gasteiger partial charge in [0.25, 0.3) is 0 Å². The van der Waals surface area contributed by atoms with Crippen molar-refractivity contribution in [3.8, 4) is 11.3 Å². The zero-order valence-electron chi connectivity index (χ0n) is 12.9. The van der Waals surface area contributed by atoms with E-state index in [9.17, 15) is 12.8 Å². The normalized spacial score (nSPS) is 11.8. The Balaban J connectivity index is 1.99. The lowest BCUT2D eigenvalue weighted by Crippen LogP contribution is -2.05. The molecule has 0 saturated heterocycles. The van der Waals surface area contributed by atoms with Crippen LogP contribution in [0.25, 0.3) is 22.0 Å². The summed E-state index contributed by atoms with van der Waals surface area (Å²) in [6.07, 6.45) is 1.22. The number of aromatic nitrogens is 2. The van der Waals surface area contributed by atoms with E-state index in [-0.39, 0.29) is 11.6 Å². The topological polar surface area (TPSA) is 59.9 Å². The van der Waals surface area contributed by atoms with Gasteiger partial charge in [0, 0.05) is 28.3 Å². The Morgan fingerprint density at radius 2 is 1.67 bits per heavy atom. The van der Waals surface area contributed by atoms with Gasteiger partial charge in [-0.1, -0.05) is 24.3 Å². The molecule has 0 bridgehead atoms. The van der Waals surface area contributed by atoms with E-state index >= 15 is 0 Å². The Bertz CT molecular complexity index is 974. The Hall–Kier alpha value is -1.99. The Morgan fingerprint density at radius 3 is 2.33 bits per heavy atom. The molecule has 0 aliphatic heterocycles. The Kier molecular flexibility index (Phi) is 4.82. The lowest BCUT2D eigenvalue weighted by atomic mass is 10.1. The minimum atomic E-state index is -3.01. The van der Waals surface area contributed by atoms with Crippen LogP contribution in [0.1, 0.15) is 0 Å². The summed E-state index contributed by atoms with van der Waals surface area (Å²) in [5.74, 6) is 0.213.